The second-order valence-electron chi connectivity index (χ2n) is 18.5. The minimum absolute atomic E-state index is 0.0663. The Morgan fingerprint density at radius 3 is 1.97 bits per heavy atom. The van der Waals surface area contributed by atoms with Gasteiger partial charge in [-0.3, -0.25) is 24.3 Å². The molecule has 0 unspecified atom stereocenters. The Kier molecular flexibility index (Phi) is 24.1. The lowest BCUT2D eigenvalue weighted by atomic mass is 9.76. The number of esters is 1. The molecule has 3 aromatic carbocycles. The van der Waals surface area contributed by atoms with E-state index in [1.807, 2.05) is 41.3 Å². The van der Waals surface area contributed by atoms with Crippen LogP contribution in [0.4, 0.5) is 18.2 Å². The number of benzene rings is 3. The van der Waals surface area contributed by atoms with Crippen molar-refractivity contribution in [1.82, 2.24) is 15.2 Å². The lowest BCUT2D eigenvalue weighted by Crippen LogP contribution is -2.36. The van der Waals surface area contributed by atoms with Crippen molar-refractivity contribution in [3.8, 4) is 11.3 Å². The molecule has 2 heterocycles. The number of hydrogen-bond acceptors (Lipinski definition) is 14. The van der Waals surface area contributed by atoms with Crippen molar-refractivity contribution in [2.75, 3.05) is 111 Å². The van der Waals surface area contributed by atoms with Gasteiger partial charge in [-0.1, -0.05) is 68.4 Å². The van der Waals surface area contributed by atoms with E-state index in [1.54, 1.807) is 37.4 Å². The van der Waals surface area contributed by atoms with Crippen LogP contribution in [0.1, 0.15) is 73.7 Å². The first-order valence-electron chi connectivity index (χ1n) is 25.1. The molecule has 15 nitrogen and oxygen atoms in total. The van der Waals surface area contributed by atoms with Gasteiger partial charge >= 0.3 is 12.1 Å². The number of thiophene rings is 1. The third kappa shape index (κ3) is 20.5. The van der Waals surface area contributed by atoms with Crippen LogP contribution < -0.4 is 10.6 Å². The molecule has 406 valence electrons. The van der Waals surface area contributed by atoms with Crippen LogP contribution in [0.5, 0.6) is 0 Å². The monoisotopic (exact) mass is 1060 g/mol. The lowest BCUT2D eigenvalue weighted by molar-refractivity contribution is -0.146. The minimum atomic E-state index is -4.49. The average Bonchev–Trinajstić information content (AvgIpc) is 3.76. The second kappa shape index (κ2) is 30.8. The fraction of sp³-hybridized carbons (Fsp3) is 0.464. The summed E-state index contributed by atoms with van der Waals surface area (Å²) >= 11 is 1.51. The van der Waals surface area contributed by atoms with Gasteiger partial charge in [0.15, 0.2) is 0 Å². The van der Waals surface area contributed by atoms with Crippen molar-refractivity contribution in [3.05, 3.63) is 141 Å². The van der Waals surface area contributed by atoms with Crippen LogP contribution in [0.15, 0.2) is 97.2 Å². The standard InChI is InChI=1S/C56H69F3N4O11S/c1-55(2)17-15-47-49(36-55)75-54(51(47)48-35-45(16-18-60-48)52(65)61-37-42-11-8-14-46(34-42)56(57,58)59)62-53(66)44-13-7-12-43(33-44)39-73-32-31-72-30-29-71-28-27-70-26-25-69-24-23-68-22-20-63(19-21-67-3)38-50(64)74-40-41-9-5-4-6-10-41/h4-14,16,18,33-35H,15,17,19-32,36-40H2,1-3H3,(H,61,65)(H,62,66). The summed E-state index contributed by atoms with van der Waals surface area (Å²) in [4.78, 5) is 47.2. The summed E-state index contributed by atoms with van der Waals surface area (Å²) in [6, 6.07) is 24.8. The Morgan fingerprint density at radius 2 is 1.29 bits per heavy atom. The normalized spacial score (nSPS) is 13.2. The van der Waals surface area contributed by atoms with Crippen LogP contribution >= 0.6 is 11.3 Å². The van der Waals surface area contributed by atoms with E-state index < -0.39 is 17.6 Å². The van der Waals surface area contributed by atoms with Crippen LogP contribution in [0, 0.1) is 5.41 Å². The number of carbonyl (C=O) groups excluding carboxylic acids is 3. The molecule has 0 saturated heterocycles. The van der Waals surface area contributed by atoms with Gasteiger partial charge in [0.1, 0.15) is 11.6 Å². The Bertz CT molecular complexity index is 2550. The van der Waals surface area contributed by atoms with Crippen LogP contribution in [0.2, 0.25) is 0 Å². The van der Waals surface area contributed by atoms with Crippen LogP contribution in [-0.4, -0.2) is 134 Å². The fourth-order valence-electron chi connectivity index (χ4n) is 8.03. The molecule has 19 heteroatoms. The molecule has 0 aliphatic heterocycles. The van der Waals surface area contributed by atoms with Crippen molar-refractivity contribution in [1.29, 1.82) is 0 Å². The Morgan fingerprint density at radius 1 is 0.680 bits per heavy atom. The number of aromatic nitrogens is 1. The number of amides is 2. The Balaban J connectivity index is 0.828. The second-order valence-corrected chi connectivity index (χ2v) is 19.6. The van der Waals surface area contributed by atoms with E-state index >= 15 is 0 Å². The predicted octanol–water partition coefficient (Wildman–Crippen LogP) is 8.82. The number of anilines is 1. The van der Waals surface area contributed by atoms with E-state index in [-0.39, 0.29) is 43.6 Å². The van der Waals surface area contributed by atoms with Crippen LogP contribution in [-0.2, 0) is 81.5 Å². The SMILES string of the molecule is COCCN(CCOCCOCCOCCOCCOCCOCc1cccc(C(=O)Nc2sc3c(c2-c2cc(C(=O)NCc4cccc(C(F)(F)F)c4)ccn2)CCC(C)(C)C3)c1)CC(=O)OCc1ccccc1. The van der Waals surface area contributed by atoms with Gasteiger partial charge in [-0.25, -0.2) is 0 Å². The van der Waals surface area contributed by atoms with Gasteiger partial charge in [-0.05, 0) is 83.3 Å². The van der Waals surface area contributed by atoms with Gasteiger partial charge in [0, 0.05) is 54.5 Å². The van der Waals surface area contributed by atoms with E-state index in [0.29, 0.717) is 120 Å². The summed E-state index contributed by atoms with van der Waals surface area (Å²) in [6.07, 6.45) is -0.448. The fourth-order valence-corrected chi connectivity index (χ4v) is 9.54. The van der Waals surface area contributed by atoms with Gasteiger partial charge < -0.3 is 48.5 Å². The third-order valence-electron chi connectivity index (χ3n) is 12.1. The number of carbonyl (C=O) groups is 3. The number of nitrogens with zero attached hydrogens (tertiary/aromatic N) is 2. The molecule has 0 fully saturated rings. The summed E-state index contributed by atoms with van der Waals surface area (Å²) in [5, 5.41) is 6.49. The molecule has 2 N–H and O–H groups in total. The van der Waals surface area contributed by atoms with E-state index in [0.717, 1.165) is 58.5 Å². The molecule has 0 radical (unpaired) electrons. The van der Waals surface area contributed by atoms with E-state index in [9.17, 15) is 27.6 Å². The van der Waals surface area contributed by atoms with Crippen molar-refractivity contribution >= 4 is 34.1 Å². The molecule has 75 heavy (non-hydrogen) atoms. The van der Waals surface area contributed by atoms with Gasteiger partial charge in [0.2, 0.25) is 0 Å². The number of methoxy groups -OCH3 is 1. The van der Waals surface area contributed by atoms with Crippen molar-refractivity contribution in [2.45, 2.75) is 59.0 Å². The van der Waals surface area contributed by atoms with E-state index in [2.05, 4.69) is 29.5 Å². The quantitative estimate of drug-likeness (QED) is 0.0303. The molecular weight excluding hydrogens is 994 g/mol. The molecular formula is C56H69F3N4O11S. The molecule has 1 aliphatic rings. The molecule has 2 amide bonds. The van der Waals surface area contributed by atoms with Gasteiger partial charge in [0.05, 0.1) is 104 Å². The molecule has 0 bridgehead atoms. The zero-order valence-electron chi connectivity index (χ0n) is 43.0. The molecule has 2 aromatic heterocycles. The number of alkyl halides is 3. The smallest absolute Gasteiger partial charge is 0.416 e. The zero-order valence-corrected chi connectivity index (χ0v) is 43.8. The summed E-state index contributed by atoms with van der Waals surface area (Å²) < 4.78 is 84.4. The number of pyridine rings is 1. The van der Waals surface area contributed by atoms with Crippen molar-refractivity contribution in [3.63, 3.8) is 0 Å². The topological polar surface area (TPSA) is 165 Å². The summed E-state index contributed by atoms with van der Waals surface area (Å²) in [5.74, 6) is -1.07. The first-order valence-corrected chi connectivity index (χ1v) is 25.9. The van der Waals surface area contributed by atoms with E-state index in [1.165, 1.54) is 29.7 Å². The maximum atomic E-state index is 13.8. The highest BCUT2D eigenvalue weighted by Crippen LogP contribution is 2.48. The first kappa shape index (κ1) is 58.6. The number of nitrogens with one attached hydrogen (secondary N) is 2. The van der Waals surface area contributed by atoms with Crippen LogP contribution in [0.3, 0.4) is 0 Å². The lowest BCUT2D eigenvalue weighted by Gasteiger charge is -2.29. The molecule has 5 aromatic rings. The van der Waals surface area contributed by atoms with Crippen LogP contribution in [0.25, 0.3) is 11.3 Å². The number of hydrogen-bond donors (Lipinski definition) is 2. The predicted molar refractivity (Wildman–Crippen MR) is 279 cm³/mol. The van der Waals surface area contributed by atoms with Crippen molar-refractivity contribution < 1.29 is 65.4 Å². The average molecular weight is 1060 g/mol. The minimum Gasteiger partial charge on any atom is -0.460 e. The van der Waals surface area contributed by atoms with Gasteiger partial charge in [-0.15, -0.1) is 11.3 Å². The highest BCUT2D eigenvalue weighted by Gasteiger charge is 2.33. The summed E-state index contributed by atoms with van der Waals surface area (Å²) in [7, 11) is 1.62. The third-order valence-corrected chi connectivity index (χ3v) is 13.2. The molecule has 6 rings (SSSR count). The van der Waals surface area contributed by atoms with Crippen molar-refractivity contribution in [2.24, 2.45) is 5.41 Å². The summed E-state index contributed by atoms with van der Waals surface area (Å²) in [6.45, 7) is 11.1. The van der Waals surface area contributed by atoms with E-state index in [4.69, 9.17) is 37.9 Å². The molecule has 0 saturated carbocycles. The first-order chi connectivity index (χ1) is 36.3. The largest absolute Gasteiger partial charge is 0.460 e. The Labute approximate surface area is 441 Å². The molecule has 0 atom stereocenters. The van der Waals surface area contributed by atoms with Gasteiger partial charge in [0.25, 0.3) is 11.8 Å². The maximum absolute atomic E-state index is 13.8. The Hall–Kier alpha value is -5.61. The number of halogens is 3. The number of rotatable bonds is 33. The zero-order chi connectivity index (χ0) is 53.3. The number of ether oxygens (including phenoxy) is 8. The molecule has 1 aliphatic carbocycles. The number of fused-ring (bicyclic) bond motifs is 1. The highest BCUT2D eigenvalue weighted by molar-refractivity contribution is 7.17. The van der Waals surface area contributed by atoms with Gasteiger partial charge in [-0.2, -0.15) is 13.2 Å². The molecule has 0 spiro atoms. The summed E-state index contributed by atoms with van der Waals surface area (Å²) in [5.41, 5.74) is 4.46. The maximum Gasteiger partial charge on any atom is 0.416 e. The highest BCUT2D eigenvalue weighted by atomic mass is 32.1.